The van der Waals surface area contributed by atoms with Crippen molar-refractivity contribution in [3.63, 3.8) is 0 Å². The third kappa shape index (κ3) is 70.3. The Morgan fingerprint density at radius 3 is 0.716 bits per heavy atom. The van der Waals surface area contributed by atoms with Gasteiger partial charge in [-0.25, -0.2) is 9.13 Å². The largest absolute Gasteiger partial charge is 0.472 e. The number of phosphoric ester groups is 2. The minimum absolute atomic E-state index is 0.105. The normalized spacial score (nSPS) is 14.1. The summed E-state index contributed by atoms with van der Waals surface area (Å²) in [7, 11) is -9.91. The molecule has 0 amide bonds. The van der Waals surface area contributed by atoms with E-state index in [2.05, 4.69) is 48.5 Å². The van der Waals surface area contributed by atoms with Crippen LogP contribution >= 0.6 is 15.6 Å². The second-order valence-corrected chi connectivity index (χ2v) is 31.7. The van der Waals surface area contributed by atoms with Crippen LogP contribution in [0.15, 0.2) is 0 Å². The van der Waals surface area contributed by atoms with Crippen molar-refractivity contribution in [1.29, 1.82) is 0 Å². The van der Waals surface area contributed by atoms with Crippen LogP contribution in [0.1, 0.15) is 389 Å². The highest BCUT2D eigenvalue weighted by Gasteiger charge is 2.30. The van der Waals surface area contributed by atoms with Gasteiger partial charge >= 0.3 is 39.5 Å². The molecule has 3 N–H and O–H groups in total. The van der Waals surface area contributed by atoms with Gasteiger partial charge in [0.15, 0.2) is 12.2 Å². The van der Waals surface area contributed by atoms with E-state index in [4.69, 9.17) is 37.0 Å². The summed E-state index contributed by atoms with van der Waals surface area (Å²) in [5.74, 6) is 0.180. The Kier molecular flexibility index (Phi) is 65.2. The molecule has 0 aliphatic heterocycles. The van der Waals surface area contributed by atoms with Gasteiger partial charge in [-0.1, -0.05) is 337 Å². The number of aliphatic hydroxyl groups excluding tert-OH is 1. The molecule has 0 heterocycles. The lowest BCUT2D eigenvalue weighted by Gasteiger charge is -2.21. The summed E-state index contributed by atoms with van der Waals surface area (Å²) in [6.45, 7) is 11.9. The standard InChI is InChI=1S/C76H148O17P2/c1-8-9-10-11-12-13-21-28-36-43-50-57-73(78)86-64-72(93-76(81)60-53-46-39-32-31-35-42-49-56-69(6)7)66-91-95(84,85)89-62-70(77)61-88-94(82,83)90-65-71(63-87-74(79)58-51-44-37-29-25-20-23-27-34-41-48-55-68(4)5)92-75(80)59-52-45-38-30-24-19-17-15-14-16-18-22-26-33-40-47-54-67(2)3/h67-72,77H,8-66H2,1-7H3,(H,82,83)(H,84,85)/t70-,71-,72-/m1/s1. The molecule has 17 nitrogen and oxygen atoms in total. The Balaban J connectivity index is 5.23. The lowest BCUT2D eigenvalue weighted by Crippen LogP contribution is -2.30. The van der Waals surface area contributed by atoms with Crippen LogP contribution in [0.4, 0.5) is 0 Å². The number of hydrogen-bond acceptors (Lipinski definition) is 15. The number of aliphatic hydroxyl groups is 1. The number of ether oxygens (including phenoxy) is 4. The maximum Gasteiger partial charge on any atom is 0.472 e. The van der Waals surface area contributed by atoms with Gasteiger partial charge in [-0.15, -0.1) is 0 Å². The molecule has 0 aromatic rings. The van der Waals surface area contributed by atoms with Crippen LogP contribution in [0, 0.1) is 17.8 Å². The van der Waals surface area contributed by atoms with Crippen molar-refractivity contribution in [2.75, 3.05) is 39.6 Å². The van der Waals surface area contributed by atoms with Crippen LogP contribution in [0.25, 0.3) is 0 Å². The summed E-state index contributed by atoms with van der Waals surface area (Å²) in [6.07, 6.45) is 52.7. The Labute approximate surface area is 581 Å². The zero-order valence-electron chi connectivity index (χ0n) is 62.1. The second kappa shape index (κ2) is 66.6. The van der Waals surface area contributed by atoms with Gasteiger partial charge in [-0.05, 0) is 43.4 Å². The molecule has 19 heteroatoms. The van der Waals surface area contributed by atoms with Gasteiger partial charge in [-0.3, -0.25) is 37.3 Å². The molecule has 0 aromatic heterocycles. The summed E-state index contributed by atoms with van der Waals surface area (Å²) in [5.41, 5.74) is 0. The fourth-order valence-electron chi connectivity index (χ4n) is 11.6. The Hall–Kier alpha value is -1.94. The molecule has 0 fully saturated rings. The molecule has 0 aliphatic carbocycles. The van der Waals surface area contributed by atoms with E-state index in [-0.39, 0.29) is 25.7 Å². The average Bonchev–Trinajstić information content (AvgIpc) is 3.57. The topological polar surface area (TPSA) is 237 Å². The first-order valence-corrected chi connectivity index (χ1v) is 42.3. The maximum atomic E-state index is 13.1. The van der Waals surface area contributed by atoms with E-state index in [1.165, 1.54) is 199 Å². The minimum atomic E-state index is -4.96. The monoisotopic (exact) mass is 1400 g/mol. The van der Waals surface area contributed by atoms with E-state index in [0.717, 1.165) is 108 Å². The van der Waals surface area contributed by atoms with Crippen LogP contribution in [-0.2, 0) is 65.4 Å². The molecule has 0 bridgehead atoms. The SMILES string of the molecule is CCCCCCCCCCCCCC(=O)OC[C@H](COP(=O)(O)OC[C@H](O)COP(=O)(O)OC[C@@H](COC(=O)CCCCCCCCCCCCCC(C)C)OC(=O)CCCCCCCCCCCCCCCCCCC(C)C)OC(=O)CCCCCCCCCCC(C)C. The quantitative estimate of drug-likeness (QED) is 0.0222. The molecule has 5 atom stereocenters. The van der Waals surface area contributed by atoms with E-state index in [0.29, 0.717) is 25.7 Å². The predicted octanol–water partition coefficient (Wildman–Crippen LogP) is 22.2. The van der Waals surface area contributed by atoms with E-state index < -0.39 is 97.5 Å². The molecule has 0 aliphatic rings. The molecule has 0 saturated heterocycles. The summed E-state index contributed by atoms with van der Waals surface area (Å²) in [6, 6.07) is 0. The van der Waals surface area contributed by atoms with E-state index in [1.54, 1.807) is 0 Å². The third-order valence-electron chi connectivity index (χ3n) is 17.6. The lowest BCUT2D eigenvalue weighted by molar-refractivity contribution is -0.161. The smallest absolute Gasteiger partial charge is 0.462 e. The van der Waals surface area contributed by atoms with E-state index in [1.807, 2.05) is 0 Å². The molecule has 2 unspecified atom stereocenters. The number of phosphoric acid groups is 2. The highest BCUT2D eigenvalue weighted by atomic mass is 31.2. The maximum absolute atomic E-state index is 13.1. The molecule has 0 aromatic carbocycles. The van der Waals surface area contributed by atoms with Gasteiger partial charge in [0.1, 0.15) is 19.3 Å². The van der Waals surface area contributed by atoms with Crippen LogP contribution in [-0.4, -0.2) is 96.7 Å². The first kappa shape index (κ1) is 93.1. The summed E-state index contributed by atoms with van der Waals surface area (Å²) < 4.78 is 68.5. The number of carbonyl (C=O) groups excluding carboxylic acids is 4. The minimum Gasteiger partial charge on any atom is -0.462 e. The molecular weight excluding hydrogens is 1250 g/mol. The van der Waals surface area contributed by atoms with Crippen LogP contribution in [0.2, 0.25) is 0 Å². The van der Waals surface area contributed by atoms with Crippen molar-refractivity contribution >= 4 is 39.5 Å². The summed E-state index contributed by atoms with van der Waals surface area (Å²) >= 11 is 0. The van der Waals surface area contributed by atoms with Gasteiger partial charge in [0.2, 0.25) is 0 Å². The fraction of sp³-hybridized carbons (Fsp3) is 0.947. The molecule has 564 valence electrons. The first-order valence-electron chi connectivity index (χ1n) is 39.3. The molecule has 0 spiro atoms. The average molecular weight is 1400 g/mol. The van der Waals surface area contributed by atoms with Crippen LogP contribution in [0.5, 0.6) is 0 Å². The van der Waals surface area contributed by atoms with E-state index >= 15 is 0 Å². The van der Waals surface area contributed by atoms with Gasteiger partial charge < -0.3 is 33.8 Å². The highest BCUT2D eigenvalue weighted by Crippen LogP contribution is 2.45. The molecule has 0 radical (unpaired) electrons. The second-order valence-electron chi connectivity index (χ2n) is 28.8. The zero-order chi connectivity index (χ0) is 70.1. The number of esters is 4. The van der Waals surface area contributed by atoms with Crippen molar-refractivity contribution < 1.29 is 80.2 Å². The van der Waals surface area contributed by atoms with Crippen molar-refractivity contribution in [2.24, 2.45) is 17.8 Å². The van der Waals surface area contributed by atoms with Crippen molar-refractivity contribution in [2.45, 2.75) is 407 Å². The van der Waals surface area contributed by atoms with Crippen molar-refractivity contribution in [3.8, 4) is 0 Å². The molecule has 0 saturated carbocycles. The van der Waals surface area contributed by atoms with E-state index in [9.17, 15) is 43.2 Å². The first-order chi connectivity index (χ1) is 45.7. The Bertz CT molecular complexity index is 1850. The van der Waals surface area contributed by atoms with Crippen molar-refractivity contribution in [3.05, 3.63) is 0 Å². The van der Waals surface area contributed by atoms with Gasteiger partial charge in [0.25, 0.3) is 0 Å². The zero-order valence-corrected chi connectivity index (χ0v) is 63.9. The summed E-state index contributed by atoms with van der Waals surface area (Å²) in [4.78, 5) is 72.8. The van der Waals surface area contributed by atoms with Gasteiger partial charge in [0.05, 0.1) is 26.4 Å². The molecule has 95 heavy (non-hydrogen) atoms. The number of unbranched alkanes of at least 4 members (excludes halogenated alkanes) is 42. The number of rotatable bonds is 74. The van der Waals surface area contributed by atoms with Crippen LogP contribution in [0.3, 0.4) is 0 Å². The molecular formula is C76H148O17P2. The molecule has 0 rings (SSSR count). The predicted molar refractivity (Wildman–Crippen MR) is 386 cm³/mol. The van der Waals surface area contributed by atoms with Gasteiger partial charge in [-0.2, -0.15) is 0 Å². The number of hydrogen-bond donors (Lipinski definition) is 3. The highest BCUT2D eigenvalue weighted by molar-refractivity contribution is 7.47. The Morgan fingerprint density at radius 2 is 0.484 bits per heavy atom. The Morgan fingerprint density at radius 1 is 0.284 bits per heavy atom. The van der Waals surface area contributed by atoms with Crippen molar-refractivity contribution in [1.82, 2.24) is 0 Å². The van der Waals surface area contributed by atoms with Gasteiger partial charge in [0, 0.05) is 25.7 Å². The summed E-state index contributed by atoms with van der Waals surface area (Å²) in [5, 5.41) is 10.6. The third-order valence-corrected chi connectivity index (χ3v) is 19.5. The van der Waals surface area contributed by atoms with Crippen LogP contribution < -0.4 is 0 Å². The fourth-order valence-corrected chi connectivity index (χ4v) is 13.2. The number of carbonyl (C=O) groups is 4. The lowest BCUT2D eigenvalue weighted by atomic mass is 10.0.